The van der Waals surface area contributed by atoms with E-state index in [0.29, 0.717) is 115 Å². The summed E-state index contributed by atoms with van der Waals surface area (Å²) in [7, 11) is 0. The second kappa shape index (κ2) is 44.9. The molecule has 0 saturated heterocycles. The molecule has 16 rings (SSSR count). The van der Waals surface area contributed by atoms with Gasteiger partial charge in [0.15, 0.2) is 57.2 Å². The second-order valence-corrected chi connectivity index (χ2v) is 37.4. The summed E-state index contributed by atoms with van der Waals surface area (Å²) in [6.07, 6.45) is -13.0. The highest BCUT2D eigenvalue weighted by Crippen LogP contribution is 2.48. The Kier molecular flexibility index (Phi) is 33.7. The summed E-state index contributed by atoms with van der Waals surface area (Å²) in [5.74, 6) is -4.42. The molecule has 4 aliphatic rings. The first-order valence-corrected chi connectivity index (χ1v) is 47.3. The number of alkyl halides is 9. The van der Waals surface area contributed by atoms with Crippen molar-refractivity contribution >= 4 is 182 Å². The maximum atomic E-state index is 14.1. The lowest BCUT2D eigenvalue weighted by atomic mass is 9.86. The molecule has 37 heteroatoms. The summed E-state index contributed by atoms with van der Waals surface area (Å²) < 4.78 is 145. The monoisotopic (exact) mass is 2090 g/mol. The summed E-state index contributed by atoms with van der Waals surface area (Å²) >= 11 is 36.1. The predicted molar refractivity (Wildman–Crippen MR) is 529 cm³/mol. The average Bonchev–Trinajstić information content (AvgIpc) is 1.66. The summed E-state index contributed by atoms with van der Waals surface area (Å²) in [5.41, 5.74) is 2.37. The molecular weight excluding hydrogens is 2000 g/mol. The van der Waals surface area contributed by atoms with Crippen LogP contribution in [0.1, 0.15) is 223 Å². The van der Waals surface area contributed by atoms with Crippen LogP contribution in [0.15, 0.2) is 227 Å². The van der Waals surface area contributed by atoms with Crippen LogP contribution in [0, 0.1) is 11.6 Å². The summed E-state index contributed by atoms with van der Waals surface area (Å²) in [6, 6.07) is 56.5. The summed E-state index contributed by atoms with van der Waals surface area (Å²) in [6.45, 7) is 12.5. The van der Waals surface area contributed by atoms with Gasteiger partial charge in [-0.1, -0.05) is 236 Å². The molecule has 4 aliphatic heterocycles. The number of hydrogen-bond donors (Lipinski definition) is 4. The number of carbonyl (C=O) groups excluding carboxylic acids is 8. The number of benzene rings is 12. The van der Waals surface area contributed by atoms with Crippen molar-refractivity contribution in [3.63, 3.8) is 0 Å². The largest absolute Gasteiger partial charge is 0.419 e. The molecule has 0 aliphatic carbocycles. The van der Waals surface area contributed by atoms with Crippen LogP contribution >= 0.6 is 69.6 Å². The number of amides is 4. The van der Waals surface area contributed by atoms with Gasteiger partial charge in [0, 0.05) is 179 Å². The Labute approximate surface area is 843 Å². The molecule has 143 heavy (non-hydrogen) atoms. The Morgan fingerprint density at radius 1 is 0.315 bits per heavy atom. The van der Waals surface area contributed by atoms with Gasteiger partial charge in [0.05, 0.1) is 49.0 Å². The normalized spacial score (nSPS) is 17.5. The van der Waals surface area contributed by atoms with E-state index in [4.69, 9.17) is 89.0 Å². The third kappa shape index (κ3) is 25.5. The predicted octanol–water partition coefficient (Wildman–Crippen LogP) is 26.7. The minimum absolute atomic E-state index is 0.0110. The highest BCUT2D eigenvalue weighted by Gasteiger charge is 2.46. The first-order valence-electron chi connectivity index (χ1n) is 45.1. The lowest BCUT2D eigenvalue weighted by Crippen LogP contribution is -2.33. The number of carbonyl (C=O) groups is 8. The number of hydrogen-bond acceptors (Lipinski definition) is 16. The molecule has 4 atom stereocenters. The van der Waals surface area contributed by atoms with Crippen LogP contribution in [0.25, 0.3) is 43.1 Å². The third-order valence-electron chi connectivity index (χ3n) is 24.4. The molecule has 0 unspecified atom stereocenters. The standard InChI is InChI=1S/C27H20ClF7N2O3.C27H24ClF3N2O3.C26H23Cl2FN2O3.C26H24Cl2N2O3/c1-25(14-10-19(27(33,34)35)24(29)20(28)11-14)12-21(37-40-25)17-6-7-18(16-5-3-2-4-15(16)17)22(38)8-9-23(39)36-13-26(30,31)32;1-3-32-25(35)11-10-24(34)22-9-8-21(19-6-4-5-7-20(19)22)23-15-26(2,36-33-23)16-12-17(27(29,30)31)14-18(28)13-16;1-3-30-24(33)11-10-23(32)19-9-8-18(16-6-4-5-7-17(16)19)22-14-26(2,34-31-22)15-12-20(27)25(29)21(28)13-15;1-3-29-25(32)11-10-24(31)22-9-8-21(19-6-4-5-7-20(19)22)23-15-26(2,33-30-23)16-12-17(27)14-18(28)13-16/h2-7,10-11H,8-9,12-13H2,1H3,(H,36,39);4-9,12-14H,3,10-11,15H2,1-2H3,(H,32,35);4-9,12-13H,3,10-11,14H2,1-2H3,(H,30,33);4-9,12-14H,3,10-11,15H2,1-2H3,(H,29,32)/t25-;3*26-/m0000/s1. The number of ketones is 4. The third-order valence-corrected chi connectivity index (χ3v) is 25.8. The van der Waals surface area contributed by atoms with Crippen LogP contribution in [-0.4, -0.2) is 102 Å². The fraction of sp³-hybridized carbons (Fsp3) is 0.283. The maximum Gasteiger partial charge on any atom is 0.419 e. The molecule has 746 valence electrons. The van der Waals surface area contributed by atoms with Crippen LogP contribution in [-0.2, 0) is 73.3 Å². The molecule has 4 N–H and O–H groups in total. The van der Waals surface area contributed by atoms with Crippen molar-refractivity contribution in [1.82, 2.24) is 21.3 Å². The molecule has 12 aromatic rings. The van der Waals surface area contributed by atoms with Gasteiger partial charge in [-0.05, 0) is 152 Å². The van der Waals surface area contributed by atoms with E-state index in [0.717, 1.165) is 67.5 Å². The number of nitrogens with one attached hydrogen (secondary N) is 4. The van der Waals surface area contributed by atoms with Gasteiger partial charge in [0.1, 0.15) is 6.54 Å². The second-order valence-electron chi connectivity index (χ2n) is 34.9. The van der Waals surface area contributed by atoms with Gasteiger partial charge in [-0.3, -0.25) is 38.4 Å². The molecule has 4 amide bonds. The zero-order valence-corrected chi connectivity index (χ0v) is 82.1. The minimum atomic E-state index is -4.99. The molecule has 4 heterocycles. The van der Waals surface area contributed by atoms with Crippen molar-refractivity contribution in [2.75, 3.05) is 26.2 Å². The Morgan fingerprint density at radius 3 is 0.853 bits per heavy atom. The molecule has 12 aromatic carbocycles. The number of oxime groups is 4. The first kappa shape index (κ1) is 107. The van der Waals surface area contributed by atoms with E-state index in [1.807, 2.05) is 138 Å². The van der Waals surface area contributed by atoms with Gasteiger partial charge in [-0.25, -0.2) is 8.78 Å². The zero-order valence-electron chi connectivity index (χ0n) is 77.6. The molecule has 0 spiro atoms. The van der Waals surface area contributed by atoms with E-state index in [1.54, 1.807) is 66.8 Å². The number of nitrogens with zero attached hydrogens (tertiary/aromatic N) is 4. The molecule has 0 fully saturated rings. The quantitative estimate of drug-likeness (QED) is 0.0202. The van der Waals surface area contributed by atoms with Crippen LogP contribution in [0.3, 0.4) is 0 Å². The van der Waals surface area contributed by atoms with Crippen LogP contribution in [0.5, 0.6) is 0 Å². The van der Waals surface area contributed by atoms with E-state index in [1.165, 1.54) is 31.2 Å². The lowest BCUT2D eigenvalue weighted by molar-refractivity contribution is -0.140. The Hall–Kier alpha value is -12.9. The molecule has 0 bridgehead atoms. The highest BCUT2D eigenvalue weighted by molar-refractivity contribution is 6.36. The number of rotatable bonds is 28. The van der Waals surface area contributed by atoms with E-state index in [-0.39, 0.29) is 125 Å². The van der Waals surface area contributed by atoms with Gasteiger partial charge in [0.2, 0.25) is 23.6 Å². The van der Waals surface area contributed by atoms with Gasteiger partial charge < -0.3 is 40.6 Å². The summed E-state index contributed by atoms with van der Waals surface area (Å²) in [5, 5.41) is 32.9. The van der Waals surface area contributed by atoms with Crippen molar-refractivity contribution in [1.29, 1.82) is 0 Å². The SMILES string of the molecule is CCNC(=O)CCC(=O)c1ccc(C2=NO[C@](C)(c3cc(Cl)c(F)c(Cl)c3)C2)c2ccccc12.CCNC(=O)CCC(=O)c1ccc(C2=NO[C@](C)(c3cc(Cl)cc(C(F)(F)F)c3)C2)c2ccccc12.CCNC(=O)CCC(=O)c1ccc(C2=NO[C@](C)(c3cc(Cl)cc(Cl)c3)C2)c2ccccc12.C[C@@]1(c2cc(Cl)c(F)c(C(F)(F)F)c2)CC(c2ccc(C(=O)CCC(=O)NCC(F)(F)F)c3ccccc23)=NO1. The van der Waals surface area contributed by atoms with Crippen molar-refractivity contribution < 1.29 is 106 Å². The van der Waals surface area contributed by atoms with Gasteiger partial charge >= 0.3 is 18.5 Å². The van der Waals surface area contributed by atoms with Crippen LogP contribution in [0.2, 0.25) is 30.1 Å². The number of halogens is 17. The fourth-order valence-corrected chi connectivity index (χ4v) is 18.5. The summed E-state index contributed by atoms with van der Waals surface area (Å²) in [4.78, 5) is 122. The number of fused-ring (bicyclic) bond motifs is 4. The zero-order chi connectivity index (χ0) is 104. The van der Waals surface area contributed by atoms with Crippen molar-refractivity contribution in [3.05, 3.63) is 326 Å². The molecule has 20 nitrogen and oxygen atoms in total. The van der Waals surface area contributed by atoms with E-state index >= 15 is 0 Å². The van der Waals surface area contributed by atoms with E-state index in [2.05, 4.69) is 36.6 Å². The fourth-order valence-electron chi connectivity index (χ4n) is 17.0. The van der Waals surface area contributed by atoms with Crippen molar-refractivity contribution in [3.8, 4) is 0 Å². The van der Waals surface area contributed by atoms with Crippen LogP contribution < -0.4 is 21.3 Å². The lowest BCUT2D eigenvalue weighted by Gasteiger charge is -2.24. The average molecular weight is 2090 g/mol. The minimum Gasteiger partial charge on any atom is -0.384 e. The smallest absolute Gasteiger partial charge is 0.384 e. The molecule has 0 saturated carbocycles. The molecule has 0 aromatic heterocycles. The Balaban J connectivity index is 0.000000160. The topological polar surface area (TPSA) is 271 Å². The van der Waals surface area contributed by atoms with Gasteiger partial charge in [-0.15, -0.1) is 0 Å². The van der Waals surface area contributed by atoms with E-state index in [9.17, 15) is 86.7 Å². The van der Waals surface area contributed by atoms with Crippen molar-refractivity contribution in [2.45, 2.75) is 166 Å². The van der Waals surface area contributed by atoms with Crippen LogP contribution in [0.4, 0.5) is 48.3 Å². The molecular formula is C106H91Cl6F11N8O12. The maximum absolute atomic E-state index is 14.1. The number of Topliss-reactive ketones (excluding diaryl/α,β-unsaturated/α-hetero) is 4. The molecule has 0 radical (unpaired) electrons. The van der Waals surface area contributed by atoms with E-state index < -0.39 is 93.4 Å². The highest BCUT2D eigenvalue weighted by atomic mass is 35.5. The van der Waals surface area contributed by atoms with Gasteiger partial charge in [-0.2, -0.15) is 39.5 Å². The van der Waals surface area contributed by atoms with Gasteiger partial charge in [0.25, 0.3) is 0 Å². The van der Waals surface area contributed by atoms with Crippen molar-refractivity contribution in [2.24, 2.45) is 20.6 Å². The Bertz CT molecular complexity index is 7120. The first-order chi connectivity index (χ1) is 67.6. The Morgan fingerprint density at radius 2 is 0.573 bits per heavy atom.